The van der Waals surface area contributed by atoms with Crippen LogP contribution in [0.25, 0.3) is 0 Å². The third-order valence-electron chi connectivity index (χ3n) is 3.07. The molecular weight excluding hydrogens is 246 g/mol. The predicted molar refractivity (Wildman–Crippen MR) is 70.7 cm³/mol. The zero-order valence-corrected chi connectivity index (χ0v) is 10.7. The Kier molecular flexibility index (Phi) is 6.02. The maximum Gasteiger partial charge on any atom is 0.320 e. The van der Waals surface area contributed by atoms with Crippen LogP contribution in [0.15, 0.2) is 30.3 Å². The quantitative estimate of drug-likeness (QED) is 0.661. The van der Waals surface area contributed by atoms with Crippen molar-refractivity contribution in [3.8, 4) is 0 Å². The zero-order chi connectivity index (χ0) is 14.3. The standard InChI is InChI=1S/C14H19NO4/c15-12(14(18)19)9-11(13(16)17)8-4-7-10-5-2-1-3-6-10/h1-3,5-6,11-12H,4,7-9,15H2,(H,16,17)(H,18,19)/t11-,12-/m1/s1. The highest BCUT2D eigenvalue weighted by molar-refractivity contribution is 5.75. The summed E-state index contributed by atoms with van der Waals surface area (Å²) in [6, 6.07) is 8.65. The molecule has 104 valence electrons. The van der Waals surface area contributed by atoms with Crippen LogP contribution < -0.4 is 5.73 Å². The molecule has 2 atom stereocenters. The fraction of sp³-hybridized carbons (Fsp3) is 0.429. The van der Waals surface area contributed by atoms with Gasteiger partial charge in [0, 0.05) is 0 Å². The third kappa shape index (κ3) is 5.52. The average molecular weight is 265 g/mol. The van der Waals surface area contributed by atoms with Crippen molar-refractivity contribution in [1.82, 2.24) is 0 Å². The molecule has 0 saturated carbocycles. The van der Waals surface area contributed by atoms with E-state index in [-0.39, 0.29) is 6.42 Å². The number of carboxylic acid groups (broad SMARTS) is 2. The molecule has 0 aliphatic rings. The molecule has 0 fully saturated rings. The molecule has 0 unspecified atom stereocenters. The highest BCUT2D eigenvalue weighted by atomic mass is 16.4. The van der Waals surface area contributed by atoms with E-state index in [0.717, 1.165) is 12.0 Å². The molecular formula is C14H19NO4. The first-order chi connectivity index (χ1) is 9.00. The van der Waals surface area contributed by atoms with Crippen molar-refractivity contribution in [2.45, 2.75) is 31.7 Å². The summed E-state index contributed by atoms with van der Waals surface area (Å²) in [7, 11) is 0. The normalized spacial score (nSPS) is 13.7. The van der Waals surface area contributed by atoms with Crippen molar-refractivity contribution in [3.05, 3.63) is 35.9 Å². The highest BCUT2D eigenvalue weighted by Gasteiger charge is 2.23. The van der Waals surface area contributed by atoms with Gasteiger partial charge in [-0.3, -0.25) is 9.59 Å². The average Bonchev–Trinajstić information content (AvgIpc) is 2.38. The van der Waals surface area contributed by atoms with E-state index in [1.807, 2.05) is 30.3 Å². The number of rotatable bonds is 8. The number of hydrogen-bond donors (Lipinski definition) is 3. The van der Waals surface area contributed by atoms with Crippen LogP contribution in [0, 0.1) is 5.92 Å². The van der Waals surface area contributed by atoms with E-state index >= 15 is 0 Å². The van der Waals surface area contributed by atoms with Gasteiger partial charge in [-0.05, 0) is 31.2 Å². The minimum absolute atomic E-state index is 0.0283. The lowest BCUT2D eigenvalue weighted by Gasteiger charge is -2.14. The Bertz CT molecular complexity index is 419. The van der Waals surface area contributed by atoms with Crippen LogP contribution in [0.3, 0.4) is 0 Å². The van der Waals surface area contributed by atoms with Crippen LogP contribution in [0.1, 0.15) is 24.8 Å². The topological polar surface area (TPSA) is 101 Å². The first kappa shape index (κ1) is 15.2. The summed E-state index contributed by atoms with van der Waals surface area (Å²) in [6.45, 7) is 0. The van der Waals surface area contributed by atoms with Gasteiger partial charge in [0.05, 0.1) is 5.92 Å². The first-order valence-corrected chi connectivity index (χ1v) is 6.26. The summed E-state index contributed by atoms with van der Waals surface area (Å²) in [6.07, 6.45) is 1.89. The SMILES string of the molecule is N[C@H](C[C@@H](CCCc1ccccc1)C(=O)O)C(=O)O. The highest BCUT2D eigenvalue weighted by Crippen LogP contribution is 2.16. The Morgan fingerprint density at radius 1 is 1.11 bits per heavy atom. The van der Waals surface area contributed by atoms with Gasteiger partial charge < -0.3 is 15.9 Å². The molecule has 0 spiro atoms. The van der Waals surface area contributed by atoms with Crippen molar-refractivity contribution in [2.24, 2.45) is 11.7 Å². The lowest BCUT2D eigenvalue weighted by Crippen LogP contribution is -2.34. The van der Waals surface area contributed by atoms with Crippen LogP contribution in [0.2, 0.25) is 0 Å². The molecule has 0 heterocycles. The molecule has 1 aromatic carbocycles. The number of nitrogens with two attached hydrogens (primary N) is 1. The summed E-state index contributed by atoms with van der Waals surface area (Å²) in [4.78, 5) is 21.7. The Hall–Kier alpha value is -1.88. The van der Waals surface area contributed by atoms with E-state index in [2.05, 4.69) is 0 Å². The minimum Gasteiger partial charge on any atom is -0.481 e. The van der Waals surface area contributed by atoms with Crippen molar-refractivity contribution >= 4 is 11.9 Å². The molecule has 5 nitrogen and oxygen atoms in total. The molecule has 1 aromatic rings. The minimum atomic E-state index is -1.16. The molecule has 0 aromatic heterocycles. The Balaban J connectivity index is 2.42. The fourth-order valence-corrected chi connectivity index (χ4v) is 1.95. The second kappa shape index (κ2) is 7.53. The summed E-state index contributed by atoms with van der Waals surface area (Å²) in [5, 5.41) is 17.8. The number of benzene rings is 1. The number of hydrogen-bond acceptors (Lipinski definition) is 3. The summed E-state index contributed by atoms with van der Waals surface area (Å²) < 4.78 is 0. The van der Waals surface area contributed by atoms with Gasteiger partial charge in [-0.1, -0.05) is 30.3 Å². The van der Waals surface area contributed by atoms with Gasteiger partial charge in [-0.15, -0.1) is 0 Å². The fourth-order valence-electron chi connectivity index (χ4n) is 1.95. The molecule has 4 N–H and O–H groups in total. The molecule has 1 rings (SSSR count). The maximum atomic E-state index is 11.1. The van der Waals surface area contributed by atoms with Crippen LogP contribution in [0.5, 0.6) is 0 Å². The molecule has 0 saturated heterocycles. The maximum absolute atomic E-state index is 11.1. The van der Waals surface area contributed by atoms with Gasteiger partial charge in [0.15, 0.2) is 0 Å². The lowest BCUT2D eigenvalue weighted by molar-refractivity contribution is -0.143. The zero-order valence-electron chi connectivity index (χ0n) is 10.7. The molecule has 0 aliphatic carbocycles. The number of carbonyl (C=O) groups is 2. The molecule has 19 heavy (non-hydrogen) atoms. The van der Waals surface area contributed by atoms with Gasteiger partial charge >= 0.3 is 11.9 Å². The van der Waals surface area contributed by atoms with Crippen LogP contribution in [-0.4, -0.2) is 28.2 Å². The van der Waals surface area contributed by atoms with E-state index < -0.39 is 23.9 Å². The van der Waals surface area contributed by atoms with Crippen molar-refractivity contribution in [2.75, 3.05) is 0 Å². The number of aryl methyl sites for hydroxylation is 1. The van der Waals surface area contributed by atoms with Gasteiger partial charge in [0.1, 0.15) is 6.04 Å². The van der Waals surface area contributed by atoms with Crippen LogP contribution in [-0.2, 0) is 16.0 Å². The van der Waals surface area contributed by atoms with E-state index in [4.69, 9.17) is 15.9 Å². The van der Waals surface area contributed by atoms with Gasteiger partial charge in [-0.25, -0.2) is 0 Å². The molecule has 0 aliphatic heterocycles. The van der Waals surface area contributed by atoms with Crippen molar-refractivity contribution in [3.63, 3.8) is 0 Å². The number of aliphatic carboxylic acids is 2. The van der Waals surface area contributed by atoms with Crippen molar-refractivity contribution < 1.29 is 19.8 Å². The smallest absolute Gasteiger partial charge is 0.320 e. The molecule has 0 radical (unpaired) electrons. The third-order valence-corrected chi connectivity index (χ3v) is 3.07. The summed E-state index contributed by atoms with van der Waals surface area (Å²) >= 11 is 0. The Morgan fingerprint density at radius 2 is 1.74 bits per heavy atom. The largest absolute Gasteiger partial charge is 0.481 e. The predicted octanol–water partition coefficient (Wildman–Crippen LogP) is 1.51. The summed E-state index contributed by atoms with van der Waals surface area (Å²) in [5.74, 6) is -2.84. The second-order valence-corrected chi connectivity index (χ2v) is 4.59. The van der Waals surface area contributed by atoms with E-state index in [1.54, 1.807) is 0 Å². The van der Waals surface area contributed by atoms with E-state index in [9.17, 15) is 9.59 Å². The van der Waals surface area contributed by atoms with E-state index in [0.29, 0.717) is 12.8 Å². The Morgan fingerprint density at radius 3 is 2.26 bits per heavy atom. The second-order valence-electron chi connectivity index (χ2n) is 4.59. The van der Waals surface area contributed by atoms with Gasteiger partial charge in [0.25, 0.3) is 0 Å². The van der Waals surface area contributed by atoms with E-state index in [1.165, 1.54) is 0 Å². The molecule has 5 heteroatoms. The first-order valence-electron chi connectivity index (χ1n) is 6.26. The van der Waals surface area contributed by atoms with Crippen LogP contribution >= 0.6 is 0 Å². The lowest BCUT2D eigenvalue weighted by atomic mass is 9.93. The molecule has 0 amide bonds. The Labute approximate surface area is 112 Å². The monoisotopic (exact) mass is 265 g/mol. The molecule has 0 bridgehead atoms. The van der Waals surface area contributed by atoms with Gasteiger partial charge in [-0.2, -0.15) is 0 Å². The van der Waals surface area contributed by atoms with Gasteiger partial charge in [0.2, 0.25) is 0 Å². The van der Waals surface area contributed by atoms with Crippen molar-refractivity contribution in [1.29, 1.82) is 0 Å². The summed E-state index contributed by atoms with van der Waals surface area (Å²) in [5.41, 5.74) is 6.52. The number of carboxylic acids is 2. The van der Waals surface area contributed by atoms with Crippen LogP contribution in [0.4, 0.5) is 0 Å².